The van der Waals surface area contributed by atoms with Crippen molar-refractivity contribution in [2.24, 2.45) is 0 Å². The van der Waals surface area contributed by atoms with Gasteiger partial charge in [0.25, 0.3) is 5.91 Å². The van der Waals surface area contributed by atoms with Gasteiger partial charge >= 0.3 is 0 Å². The van der Waals surface area contributed by atoms with E-state index in [9.17, 15) is 4.79 Å². The maximum atomic E-state index is 12.3. The summed E-state index contributed by atoms with van der Waals surface area (Å²) in [6, 6.07) is 6.65. The van der Waals surface area contributed by atoms with Gasteiger partial charge in [-0.1, -0.05) is 23.2 Å². The van der Waals surface area contributed by atoms with Gasteiger partial charge in [-0.3, -0.25) is 9.78 Å². The van der Waals surface area contributed by atoms with Crippen molar-refractivity contribution in [2.75, 3.05) is 17.2 Å². The van der Waals surface area contributed by atoms with Crippen molar-refractivity contribution in [1.82, 2.24) is 4.98 Å². The van der Waals surface area contributed by atoms with Crippen LogP contribution in [-0.4, -0.2) is 17.4 Å². The van der Waals surface area contributed by atoms with Crippen LogP contribution in [0.2, 0.25) is 10.0 Å². The Balaban J connectivity index is 2.24. The maximum Gasteiger partial charge on any atom is 0.259 e. The number of amides is 1. The highest BCUT2D eigenvalue weighted by Gasteiger charge is 2.13. The summed E-state index contributed by atoms with van der Waals surface area (Å²) >= 11 is 11.9. The van der Waals surface area contributed by atoms with E-state index in [1.54, 1.807) is 30.5 Å². The van der Waals surface area contributed by atoms with Gasteiger partial charge in [-0.25, -0.2) is 0 Å². The molecular weight excluding hydrogens is 297 g/mol. The van der Waals surface area contributed by atoms with Gasteiger partial charge in [0.1, 0.15) is 0 Å². The summed E-state index contributed by atoms with van der Waals surface area (Å²) in [6.07, 6.45) is 3.14. The highest BCUT2D eigenvalue weighted by atomic mass is 35.5. The van der Waals surface area contributed by atoms with Crippen LogP contribution in [0.3, 0.4) is 0 Å². The van der Waals surface area contributed by atoms with Crippen molar-refractivity contribution in [3.8, 4) is 0 Å². The molecule has 20 heavy (non-hydrogen) atoms. The summed E-state index contributed by atoms with van der Waals surface area (Å²) in [5, 5.41) is 6.76. The molecule has 4 nitrogen and oxygen atoms in total. The fraction of sp³-hybridized carbons (Fsp3) is 0.143. The molecule has 1 aromatic carbocycles. The van der Waals surface area contributed by atoms with Crippen LogP contribution in [0.15, 0.2) is 36.7 Å². The van der Waals surface area contributed by atoms with E-state index in [4.69, 9.17) is 23.2 Å². The highest BCUT2D eigenvalue weighted by molar-refractivity contribution is 6.36. The molecule has 1 heterocycles. The van der Waals surface area contributed by atoms with Gasteiger partial charge in [0, 0.05) is 24.0 Å². The zero-order chi connectivity index (χ0) is 14.5. The Bertz CT molecular complexity index is 632. The third-order valence-electron chi connectivity index (χ3n) is 2.61. The smallest absolute Gasteiger partial charge is 0.259 e. The van der Waals surface area contributed by atoms with Crippen LogP contribution in [0.4, 0.5) is 11.4 Å². The van der Waals surface area contributed by atoms with Gasteiger partial charge in [-0.05, 0) is 31.2 Å². The van der Waals surface area contributed by atoms with Crippen molar-refractivity contribution in [2.45, 2.75) is 6.92 Å². The number of benzene rings is 1. The standard InChI is InChI=1S/C14H13Cl2N3O/c1-2-18-12-5-6-17-8-10(12)14(20)19-13-4-3-9(15)7-11(13)16/h3-8H,2H2,1H3,(H,17,18)(H,19,20). The number of nitrogens with one attached hydrogen (secondary N) is 2. The van der Waals surface area contributed by atoms with Crippen LogP contribution in [0.1, 0.15) is 17.3 Å². The number of carbonyl (C=O) groups excluding carboxylic acids is 1. The molecule has 6 heteroatoms. The average Bonchev–Trinajstić information content (AvgIpc) is 2.43. The second-order valence-electron chi connectivity index (χ2n) is 4.03. The molecule has 104 valence electrons. The Morgan fingerprint density at radius 2 is 2.05 bits per heavy atom. The summed E-state index contributed by atoms with van der Waals surface area (Å²) < 4.78 is 0. The lowest BCUT2D eigenvalue weighted by atomic mass is 10.2. The molecule has 0 unspecified atom stereocenters. The molecule has 0 saturated heterocycles. The van der Waals surface area contributed by atoms with Crippen LogP contribution in [0.25, 0.3) is 0 Å². The van der Waals surface area contributed by atoms with Gasteiger partial charge in [0.05, 0.1) is 22.0 Å². The molecule has 1 amide bonds. The summed E-state index contributed by atoms with van der Waals surface area (Å²) in [5.74, 6) is -0.279. The summed E-state index contributed by atoms with van der Waals surface area (Å²) in [5.41, 5.74) is 1.69. The first kappa shape index (κ1) is 14.6. The van der Waals surface area contributed by atoms with E-state index in [2.05, 4.69) is 15.6 Å². The number of rotatable bonds is 4. The fourth-order valence-corrected chi connectivity index (χ4v) is 2.16. The van der Waals surface area contributed by atoms with E-state index >= 15 is 0 Å². The number of aromatic nitrogens is 1. The number of anilines is 2. The van der Waals surface area contributed by atoms with Crippen LogP contribution in [0.5, 0.6) is 0 Å². The molecule has 0 spiro atoms. The van der Waals surface area contributed by atoms with Crippen LogP contribution in [0, 0.1) is 0 Å². The topological polar surface area (TPSA) is 54.0 Å². The zero-order valence-corrected chi connectivity index (χ0v) is 12.3. The fourth-order valence-electron chi connectivity index (χ4n) is 1.70. The first-order valence-corrected chi connectivity index (χ1v) is 6.81. The minimum Gasteiger partial charge on any atom is -0.385 e. The molecule has 1 aromatic heterocycles. The Hall–Kier alpha value is -1.78. The molecule has 0 atom stereocenters. The quantitative estimate of drug-likeness (QED) is 0.895. The minimum atomic E-state index is -0.279. The lowest BCUT2D eigenvalue weighted by molar-refractivity contribution is 0.102. The van der Waals surface area contributed by atoms with E-state index in [1.165, 1.54) is 6.20 Å². The summed E-state index contributed by atoms with van der Waals surface area (Å²) in [4.78, 5) is 16.2. The van der Waals surface area contributed by atoms with E-state index in [0.717, 1.165) is 5.69 Å². The zero-order valence-electron chi connectivity index (χ0n) is 10.8. The Labute approximate surface area is 127 Å². The van der Waals surface area contributed by atoms with Gasteiger partial charge in [0.2, 0.25) is 0 Å². The Morgan fingerprint density at radius 3 is 2.75 bits per heavy atom. The Morgan fingerprint density at radius 1 is 1.25 bits per heavy atom. The average molecular weight is 310 g/mol. The normalized spacial score (nSPS) is 10.2. The highest BCUT2D eigenvalue weighted by Crippen LogP contribution is 2.26. The molecular formula is C14H13Cl2N3O. The van der Waals surface area contributed by atoms with Gasteiger partial charge in [-0.15, -0.1) is 0 Å². The molecule has 2 aromatic rings. The number of nitrogens with zero attached hydrogens (tertiary/aromatic N) is 1. The third-order valence-corrected chi connectivity index (χ3v) is 3.16. The van der Waals surface area contributed by atoms with Crippen molar-refractivity contribution in [1.29, 1.82) is 0 Å². The van der Waals surface area contributed by atoms with Crippen molar-refractivity contribution in [3.63, 3.8) is 0 Å². The molecule has 0 saturated carbocycles. The van der Waals surface area contributed by atoms with Crippen LogP contribution >= 0.6 is 23.2 Å². The molecule has 0 aliphatic heterocycles. The molecule has 0 bridgehead atoms. The molecule has 2 rings (SSSR count). The molecule has 2 N–H and O–H groups in total. The lowest BCUT2D eigenvalue weighted by Gasteiger charge is -2.11. The number of hydrogen-bond donors (Lipinski definition) is 2. The largest absolute Gasteiger partial charge is 0.385 e. The summed E-state index contributed by atoms with van der Waals surface area (Å²) in [6.45, 7) is 2.67. The van der Waals surface area contributed by atoms with Crippen molar-refractivity contribution < 1.29 is 4.79 Å². The van der Waals surface area contributed by atoms with E-state index < -0.39 is 0 Å². The number of hydrogen-bond acceptors (Lipinski definition) is 3. The predicted molar refractivity (Wildman–Crippen MR) is 82.8 cm³/mol. The first-order valence-electron chi connectivity index (χ1n) is 6.06. The maximum absolute atomic E-state index is 12.3. The van der Waals surface area contributed by atoms with E-state index in [-0.39, 0.29) is 5.91 Å². The summed E-state index contributed by atoms with van der Waals surface area (Å²) in [7, 11) is 0. The predicted octanol–water partition coefficient (Wildman–Crippen LogP) is 4.07. The second kappa shape index (κ2) is 6.59. The molecule has 0 aliphatic carbocycles. The molecule has 0 radical (unpaired) electrons. The molecule has 0 aliphatic rings. The monoisotopic (exact) mass is 309 g/mol. The van der Waals surface area contributed by atoms with Crippen molar-refractivity contribution >= 4 is 40.5 Å². The lowest BCUT2D eigenvalue weighted by Crippen LogP contribution is -2.15. The van der Waals surface area contributed by atoms with Crippen LogP contribution < -0.4 is 10.6 Å². The van der Waals surface area contributed by atoms with E-state index in [1.807, 2.05) is 6.92 Å². The van der Waals surface area contributed by atoms with Gasteiger partial charge in [0.15, 0.2) is 0 Å². The SMILES string of the molecule is CCNc1ccncc1C(=O)Nc1ccc(Cl)cc1Cl. The Kier molecular flexibility index (Phi) is 4.82. The number of carbonyl (C=O) groups is 1. The van der Waals surface area contributed by atoms with Crippen molar-refractivity contribution in [3.05, 3.63) is 52.3 Å². The third kappa shape index (κ3) is 3.40. The van der Waals surface area contributed by atoms with Gasteiger partial charge < -0.3 is 10.6 Å². The number of halogens is 2. The molecule has 0 fully saturated rings. The van der Waals surface area contributed by atoms with Crippen LogP contribution in [-0.2, 0) is 0 Å². The first-order chi connectivity index (χ1) is 9.61. The number of pyridine rings is 1. The second-order valence-corrected chi connectivity index (χ2v) is 4.87. The van der Waals surface area contributed by atoms with Gasteiger partial charge in [-0.2, -0.15) is 0 Å². The van der Waals surface area contributed by atoms with E-state index in [0.29, 0.717) is 27.8 Å². The minimum absolute atomic E-state index is 0.279.